The maximum absolute atomic E-state index is 3.62. The van der Waals surface area contributed by atoms with Gasteiger partial charge in [0.2, 0.25) is 0 Å². The minimum Gasteiger partial charge on any atom is -0.317 e. The summed E-state index contributed by atoms with van der Waals surface area (Å²) >= 11 is 3.62. The summed E-state index contributed by atoms with van der Waals surface area (Å²) in [6, 6.07) is 8.50. The monoisotopic (exact) mass is 346 g/mol. The predicted octanol–water partition coefficient (Wildman–Crippen LogP) is 3.69. The van der Waals surface area contributed by atoms with E-state index in [2.05, 4.69) is 57.5 Å². The summed E-state index contributed by atoms with van der Waals surface area (Å²) in [5, 5.41) is 3.43. The highest BCUT2D eigenvalue weighted by molar-refractivity contribution is 9.10. The summed E-state index contributed by atoms with van der Waals surface area (Å²) in [4.78, 5) is 2.43. The third-order valence-electron chi connectivity index (χ3n) is 3.78. The van der Waals surface area contributed by atoms with Gasteiger partial charge < -0.3 is 10.2 Å². The molecule has 1 aliphatic rings. The van der Waals surface area contributed by atoms with Gasteiger partial charge in [-0.1, -0.05) is 34.1 Å². The fourth-order valence-corrected chi connectivity index (χ4v) is 2.98. The van der Waals surface area contributed by atoms with Crippen LogP contribution in [0.2, 0.25) is 0 Å². The topological polar surface area (TPSA) is 15.3 Å². The predicted molar refractivity (Wildman–Crippen MR) is 87.9 cm³/mol. The summed E-state index contributed by atoms with van der Waals surface area (Å²) in [5.74, 6) is 0.924. The first-order chi connectivity index (χ1) is 8.75. The molecule has 0 atom stereocenters. The zero-order valence-corrected chi connectivity index (χ0v) is 14.0. The molecule has 0 spiro atoms. The van der Waals surface area contributed by atoms with Crippen LogP contribution in [0.1, 0.15) is 24.8 Å². The van der Waals surface area contributed by atoms with Gasteiger partial charge >= 0.3 is 0 Å². The fraction of sp³-hybridized carbons (Fsp3) is 0.600. The van der Waals surface area contributed by atoms with Gasteiger partial charge in [-0.2, -0.15) is 0 Å². The third-order valence-corrected chi connectivity index (χ3v) is 4.55. The Bertz CT molecular complexity index is 367. The molecule has 2 rings (SSSR count). The van der Waals surface area contributed by atoms with Gasteiger partial charge in [0, 0.05) is 11.0 Å². The molecule has 1 aromatic carbocycles. The maximum Gasteiger partial charge on any atom is 0.0241 e. The Kier molecular flexibility index (Phi) is 8.00. The standard InChI is InChI=1S/C15H23BrN2.ClH/c1-18(11-8-13-6-9-17-10-7-13)12-14-4-2-3-5-15(14)16;/h2-5,13,17H,6-12H2,1H3;1H. The number of nitrogens with zero attached hydrogens (tertiary/aromatic N) is 1. The van der Waals surface area contributed by atoms with Crippen molar-refractivity contribution in [3.05, 3.63) is 34.3 Å². The van der Waals surface area contributed by atoms with Crippen LogP contribution in [0, 0.1) is 5.92 Å². The van der Waals surface area contributed by atoms with Crippen molar-refractivity contribution in [2.75, 3.05) is 26.7 Å². The highest BCUT2D eigenvalue weighted by Gasteiger charge is 2.13. The smallest absolute Gasteiger partial charge is 0.0241 e. The van der Waals surface area contributed by atoms with E-state index in [1.807, 2.05) is 0 Å². The van der Waals surface area contributed by atoms with Gasteiger partial charge in [-0.15, -0.1) is 12.4 Å². The Balaban J connectivity index is 0.00000180. The van der Waals surface area contributed by atoms with Gasteiger partial charge in [-0.25, -0.2) is 0 Å². The zero-order chi connectivity index (χ0) is 12.8. The quantitative estimate of drug-likeness (QED) is 0.874. The number of benzene rings is 1. The summed E-state index contributed by atoms with van der Waals surface area (Å²) in [5.41, 5.74) is 1.38. The first-order valence-electron chi connectivity index (χ1n) is 6.88. The number of hydrogen-bond donors (Lipinski definition) is 1. The molecule has 0 saturated carbocycles. The fourth-order valence-electron chi connectivity index (χ4n) is 2.57. The molecule has 108 valence electrons. The third kappa shape index (κ3) is 5.82. The van der Waals surface area contributed by atoms with E-state index in [0.717, 1.165) is 12.5 Å². The van der Waals surface area contributed by atoms with Crippen LogP contribution in [0.25, 0.3) is 0 Å². The second kappa shape index (κ2) is 8.96. The highest BCUT2D eigenvalue weighted by Crippen LogP contribution is 2.19. The Hall–Kier alpha value is -0.0900. The normalized spacial score (nSPS) is 16.4. The van der Waals surface area contributed by atoms with Crippen molar-refractivity contribution < 1.29 is 0 Å². The molecule has 4 heteroatoms. The minimum atomic E-state index is 0. The van der Waals surface area contributed by atoms with Crippen molar-refractivity contribution in [3.8, 4) is 0 Å². The first-order valence-corrected chi connectivity index (χ1v) is 7.67. The molecule has 1 saturated heterocycles. The summed E-state index contributed by atoms with van der Waals surface area (Å²) in [6.07, 6.45) is 4.04. The maximum atomic E-state index is 3.62. The van der Waals surface area contributed by atoms with Crippen molar-refractivity contribution in [3.63, 3.8) is 0 Å². The molecule has 0 bridgehead atoms. The van der Waals surface area contributed by atoms with Crippen LogP contribution in [-0.4, -0.2) is 31.6 Å². The average molecular weight is 348 g/mol. The molecule has 1 N–H and O–H groups in total. The molecule has 2 nitrogen and oxygen atoms in total. The van der Waals surface area contributed by atoms with Crippen molar-refractivity contribution in [1.29, 1.82) is 0 Å². The van der Waals surface area contributed by atoms with E-state index in [-0.39, 0.29) is 12.4 Å². The van der Waals surface area contributed by atoms with Gasteiger partial charge in [0.1, 0.15) is 0 Å². The SMILES string of the molecule is CN(CCC1CCNCC1)Cc1ccccc1Br.Cl. The zero-order valence-electron chi connectivity index (χ0n) is 11.6. The largest absolute Gasteiger partial charge is 0.317 e. The van der Waals surface area contributed by atoms with E-state index in [0.29, 0.717) is 0 Å². The van der Waals surface area contributed by atoms with Crippen molar-refractivity contribution >= 4 is 28.3 Å². The van der Waals surface area contributed by atoms with E-state index in [9.17, 15) is 0 Å². The molecular weight excluding hydrogens is 324 g/mol. The van der Waals surface area contributed by atoms with Crippen molar-refractivity contribution in [2.45, 2.75) is 25.8 Å². The number of hydrogen-bond acceptors (Lipinski definition) is 2. The second-order valence-corrected chi connectivity index (χ2v) is 6.17. The Labute approximate surface area is 131 Å². The number of nitrogens with one attached hydrogen (secondary N) is 1. The van der Waals surface area contributed by atoms with Crippen molar-refractivity contribution in [2.24, 2.45) is 5.92 Å². The van der Waals surface area contributed by atoms with E-state index in [1.165, 1.54) is 48.9 Å². The molecular formula is C15H24BrClN2. The number of rotatable bonds is 5. The van der Waals surface area contributed by atoms with E-state index in [4.69, 9.17) is 0 Å². The van der Waals surface area contributed by atoms with Crippen LogP contribution in [0.15, 0.2) is 28.7 Å². The van der Waals surface area contributed by atoms with Crippen LogP contribution >= 0.6 is 28.3 Å². The lowest BCUT2D eigenvalue weighted by Gasteiger charge is -2.25. The average Bonchev–Trinajstić information content (AvgIpc) is 2.40. The molecule has 19 heavy (non-hydrogen) atoms. The molecule has 1 aliphatic heterocycles. The molecule has 0 aromatic heterocycles. The van der Waals surface area contributed by atoms with Gasteiger partial charge in [-0.3, -0.25) is 0 Å². The molecule has 1 heterocycles. The summed E-state index contributed by atoms with van der Waals surface area (Å²) in [6.45, 7) is 4.65. The van der Waals surface area contributed by atoms with Gasteiger partial charge in [0.15, 0.2) is 0 Å². The summed E-state index contributed by atoms with van der Waals surface area (Å²) in [7, 11) is 2.22. The molecule has 0 amide bonds. The Morgan fingerprint density at radius 1 is 1.26 bits per heavy atom. The van der Waals surface area contributed by atoms with Crippen molar-refractivity contribution in [1.82, 2.24) is 10.2 Å². The first kappa shape index (κ1) is 17.0. The van der Waals surface area contributed by atoms with Crippen LogP contribution in [0.5, 0.6) is 0 Å². The van der Waals surface area contributed by atoms with E-state index >= 15 is 0 Å². The molecule has 0 aliphatic carbocycles. The van der Waals surface area contributed by atoms with E-state index < -0.39 is 0 Å². The van der Waals surface area contributed by atoms with Crippen LogP contribution in [-0.2, 0) is 6.54 Å². The lowest BCUT2D eigenvalue weighted by molar-refractivity contribution is 0.265. The van der Waals surface area contributed by atoms with Crippen LogP contribution in [0.3, 0.4) is 0 Å². The van der Waals surface area contributed by atoms with Crippen LogP contribution in [0.4, 0.5) is 0 Å². The minimum absolute atomic E-state index is 0. The number of halogens is 2. The van der Waals surface area contributed by atoms with Gasteiger partial charge in [0.25, 0.3) is 0 Å². The second-order valence-electron chi connectivity index (χ2n) is 5.31. The lowest BCUT2D eigenvalue weighted by atomic mass is 9.94. The van der Waals surface area contributed by atoms with Gasteiger partial charge in [-0.05, 0) is 63.5 Å². The Morgan fingerprint density at radius 3 is 2.63 bits per heavy atom. The highest BCUT2D eigenvalue weighted by atomic mass is 79.9. The Morgan fingerprint density at radius 2 is 1.95 bits per heavy atom. The molecule has 0 unspecified atom stereocenters. The van der Waals surface area contributed by atoms with E-state index in [1.54, 1.807) is 0 Å². The number of piperidine rings is 1. The van der Waals surface area contributed by atoms with Crippen LogP contribution < -0.4 is 5.32 Å². The van der Waals surface area contributed by atoms with Gasteiger partial charge in [0.05, 0.1) is 0 Å². The summed E-state index contributed by atoms with van der Waals surface area (Å²) < 4.78 is 1.22. The molecule has 0 radical (unpaired) electrons. The molecule has 1 fully saturated rings. The lowest BCUT2D eigenvalue weighted by Crippen LogP contribution is -2.30. The molecule has 1 aromatic rings.